The maximum absolute atomic E-state index is 12.9. The normalized spacial score (nSPS) is 17.1. The molecule has 1 aliphatic heterocycles. The van der Waals surface area contributed by atoms with Crippen LogP contribution in [-0.4, -0.2) is 46.9 Å². The fraction of sp³-hybridized carbons (Fsp3) is 0.409. The predicted molar refractivity (Wildman–Crippen MR) is 118 cm³/mol. The van der Waals surface area contributed by atoms with Gasteiger partial charge in [-0.15, -0.1) is 0 Å². The number of rotatable bonds is 7. The van der Waals surface area contributed by atoms with Gasteiger partial charge in [0.1, 0.15) is 17.9 Å². The zero-order chi connectivity index (χ0) is 22.8. The van der Waals surface area contributed by atoms with E-state index in [1.807, 2.05) is 38.1 Å². The minimum atomic E-state index is -3.73. The third-order valence-corrected chi connectivity index (χ3v) is 6.19. The van der Waals surface area contributed by atoms with E-state index >= 15 is 0 Å². The summed E-state index contributed by atoms with van der Waals surface area (Å²) in [5.41, 5.74) is 0.710. The Bertz CT molecular complexity index is 1070. The van der Waals surface area contributed by atoms with Gasteiger partial charge in [0.2, 0.25) is 15.9 Å². The van der Waals surface area contributed by atoms with Gasteiger partial charge in [-0.25, -0.2) is 8.42 Å². The smallest absolute Gasteiger partial charge is 0.241 e. The van der Waals surface area contributed by atoms with E-state index in [2.05, 4.69) is 5.32 Å². The molecular weight excluding hydrogens is 420 g/mol. The molecule has 1 heterocycles. The maximum Gasteiger partial charge on any atom is 0.241 e. The lowest BCUT2D eigenvalue weighted by Crippen LogP contribution is -2.45. The molecule has 9 heteroatoms. The molecule has 1 atom stereocenters. The molecule has 1 N–H and O–H groups in total. The van der Waals surface area contributed by atoms with E-state index in [4.69, 9.17) is 14.2 Å². The Morgan fingerprint density at radius 2 is 1.84 bits per heavy atom. The lowest BCUT2D eigenvalue weighted by molar-refractivity contribution is -0.120. The third-order valence-electron chi connectivity index (χ3n) is 5.05. The van der Waals surface area contributed by atoms with Gasteiger partial charge in [0, 0.05) is 18.1 Å². The van der Waals surface area contributed by atoms with Gasteiger partial charge in [-0.2, -0.15) is 0 Å². The van der Waals surface area contributed by atoms with Gasteiger partial charge >= 0.3 is 0 Å². The van der Waals surface area contributed by atoms with Crippen molar-refractivity contribution in [2.24, 2.45) is 0 Å². The van der Waals surface area contributed by atoms with Crippen LogP contribution in [0.1, 0.15) is 31.9 Å². The molecule has 168 valence electrons. The van der Waals surface area contributed by atoms with Gasteiger partial charge < -0.3 is 19.5 Å². The summed E-state index contributed by atoms with van der Waals surface area (Å²) in [6.07, 6.45) is 1.62. The monoisotopic (exact) mass is 448 g/mol. The molecule has 31 heavy (non-hydrogen) atoms. The van der Waals surface area contributed by atoms with Crippen LogP contribution in [0.3, 0.4) is 0 Å². The van der Waals surface area contributed by atoms with E-state index in [-0.39, 0.29) is 12.6 Å². The molecule has 3 rings (SSSR count). The zero-order valence-electron chi connectivity index (χ0n) is 18.3. The first-order valence-corrected chi connectivity index (χ1v) is 11.7. The Hall–Kier alpha value is -2.94. The van der Waals surface area contributed by atoms with E-state index in [0.29, 0.717) is 29.4 Å². The van der Waals surface area contributed by atoms with Crippen molar-refractivity contribution in [3.05, 3.63) is 48.0 Å². The summed E-state index contributed by atoms with van der Waals surface area (Å²) >= 11 is 0. The van der Waals surface area contributed by atoms with Crippen LogP contribution in [0.4, 0.5) is 5.69 Å². The fourth-order valence-corrected chi connectivity index (χ4v) is 4.53. The van der Waals surface area contributed by atoms with Gasteiger partial charge in [0.25, 0.3) is 0 Å². The van der Waals surface area contributed by atoms with Crippen LogP contribution in [-0.2, 0) is 14.8 Å². The number of carbonyl (C=O) groups is 1. The Morgan fingerprint density at radius 1 is 1.16 bits per heavy atom. The first-order valence-electron chi connectivity index (χ1n) is 9.81. The van der Waals surface area contributed by atoms with Crippen molar-refractivity contribution in [1.82, 2.24) is 5.32 Å². The summed E-state index contributed by atoms with van der Waals surface area (Å²) in [5, 5.41) is 2.97. The molecular formula is C22H28N2O6S. The average Bonchev–Trinajstić information content (AvgIpc) is 2.69. The number of fused-ring (bicyclic) bond motifs is 1. The standard InChI is InChI=1S/C22H28N2O6S/c1-22(2)13-17(16-8-6-7-9-18(16)30-22)23-21(25)14-24(31(5,26)27)15-10-11-19(28-3)20(12-15)29-4/h6-12,17H,13-14H2,1-5H3,(H,23,25). The molecule has 1 amide bonds. The molecule has 2 aromatic rings. The van der Waals surface area contributed by atoms with Gasteiger partial charge in [0.15, 0.2) is 11.5 Å². The number of hydrogen-bond donors (Lipinski definition) is 1. The summed E-state index contributed by atoms with van der Waals surface area (Å²) in [6.45, 7) is 3.54. The molecule has 0 bridgehead atoms. The highest BCUT2D eigenvalue weighted by molar-refractivity contribution is 7.92. The number of ether oxygens (including phenoxy) is 3. The highest BCUT2D eigenvalue weighted by atomic mass is 32.2. The van der Waals surface area contributed by atoms with Crippen molar-refractivity contribution < 1.29 is 27.4 Å². The zero-order valence-corrected chi connectivity index (χ0v) is 19.2. The molecule has 2 aromatic carbocycles. The number of hydrogen-bond acceptors (Lipinski definition) is 6. The Kier molecular flexibility index (Phi) is 6.35. The lowest BCUT2D eigenvalue weighted by atomic mass is 9.89. The van der Waals surface area contributed by atoms with Crippen molar-refractivity contribution in [2.75, 3.05) is 31.3 Å². The minimum Gasteiger partial charge on any atom is -0.493 e. The number of para-hydroxylation sites is 1. The van der Waals surface area contributed by atoms with Gasteiger partial charge in [-0.3, -0.25) is 9.10 Å². The first kappa shape index (κ1) is 22.7. The van der Waals surface area contributed by atoms with Gasteiger partial charge in [-0.05, 0) is 32.0 Å². The van der Waals surface area contributed by atoms with Crippen molar-refractivity contribution in [3.63, 3.8) is 0 Å². The number of methoxy groups -OCH3 is 2. The van der Waals surface area contributed by atoms with Gasteiger partial charge in [-0.1, -0.05) is 18.2 Å². The molecule has 0 aromatic heterocycles. The Morgan fingerprint density at radius 3 is 2.48 bits per heavy atom. The van der Waals surface area contributed by atoms with Crippen molar-refractivity contribution in [1.29, 1.82) is 0 Å². The number of sulfonamides is 1. The Balaban J connectivity index is 1.85. The van der Waals surface area contributed by atoms with Crippen LogP contribution in [0, 0.1) is 0 Å². The number of amides is 1. The molecule has 0 aliphatic carbocycles. The number of benzene rings is 2. The van der Waals surface area contributed by atoms with Crippen molar-refractivity contribution in [2.45, 2.75) is 31.9 Å². The number of nitrogens with zero attached hydrogens (tertiary/aromatic N) is 1. The van der Waals surface area contributed by atoms with E-state index in [1.54, 1.807) is 12.1 Å². The van der Waals surface area contributed by atoms with Crippen LogP contribution in [0.25, 0.3) is 0 Å². The second-order valence-electron chi connectivity index (χ2n) is 8.03. The van der Waals surface area contributed by atoms with E-state index < -0.39 is 21.5 Å². The van der Waals surface area contributed by atoms with E-state index in [1.165, 1.54) is 20.3 Å². The van der Waals surface area contributed by atoms with Crippen LogP contribution in [0.15, 0.2) is 42.5 Å². The number of carbonyl (C=O) groups excluding carboxylic acids is 1. The summed E-state index contributed by atoms with van der Waals surface area (Å²) in [4.78, 5) is 12.9. The molecule has 0 saturated carbocycles. The molecule has 1 aliphatic rings. The molecule has 0 radical (unpaired) electrons. The third kappa shape index (κ3) is 5.22. The topological polar surface area (TPSA) is 94.2 Å². The lowest BCUT2D eigenvalue weighted by Gasteiger charge is -2.38. The van der Waals surface area contributed by atoms with Crippen LogP contribution < -0.4 is 23.8 Å². The molecule has 0 spiro atoms. The average molecular weight is 449 g/mol. The molecule has 0 fully saturated rings. The predicted octanol–water partition coefficient (Wildman–Crippen LogP) is 2.89. The number of anilines is 1. The fourth-order valence-electron chi connectivity index (χ4n) is 3.68. The summed E-state index contributed by atoms with van der Waals surface area (Å²) in [5.74, 6) is 1.13. The number of nitrogens with one attached hydrogen (secondary N) is 1. The van der Waals surface area contributed by atoms with E-state index in [9.17, 15) is 13.2 Å². The maximum atomic E-state index is 12.9. The largest absolute Gasteiger partial charge is 0.493 e. The summed E-state index contributed by atoms with van der Waals surface area (Å²) in [7, 11) is -0.776. The van der Waals surface area contributed by atoms with E-state index in [0.717, 1.165) is 16.1 Å². The second kappa shape index (κ2) is 8.66. The van der Waals surface area contributed by atoms with Crippen LogP contribution in [0.5, 0.6) is 17.2 Å². The van der Waals surface area contributed by atoms with Crippen LogP contribution in [0.2, 0.25) is 0 Å². The SMILES string of the molecule is COc1ccc(N(CC(=O)NC2CC(C)(C)Oc3ccccc32)S(C)(=O)=O)cc1OC. The quantitative estimate of drug-likeness (QED) is 0.700. The molecule has 1 unspecified atom stereocenters. The minimum absolute atomic E-state index is 0.292. The molecule has 0 saturated heterocycles. The highest BCUT2D eigenvalue weighted by Crippen LogP contribution is 2.39. The van der Waals surface area contributed by atoms with Crippen molar-refractivity contribution >= 4 is 21.6 Å². The Labute approximate surface area is 183 Å². The van der Waals surface area contributed by atoms with Crippen molar-refractivity contribution in [3.8, 4) is 17.2 Å². The summed E-state index contributed by atoms with van der Waals surface area (Å²) < 4.78 is 42.5. The summed E-state index contributed by atoms with van der Waals surface area (Å²) in [6, 6.07) is 11.9. The second-order valence-corrected chi connectivity index (χ2v) is 9.94. The van der Waals surface area contributed by atoms with Crippen LogP contribution >= 0.6 is 0 Å². The molecule has 8 nitrogen and oxygen atoms in total. The highest BCUT2D eigenvalue weighted by Gasteiger charge is 2.35. The van der Waals surface area contributed by atoms with Gasteiger partial charge in [0.05, 0.1) is 32.2 Å². The first-order chi connectivity index (χ1) is 14.5.